The highest BCUT2D eigenvalue weighted by atomic mass is 19.1. The number of nitrogens with zero attached hydrogens (tertiary/aromatic N) is 1. The highest BCUT2D eigenvalue weighted by Crippen LogP contribution is 2.35. The minimum Gasteiger partial charge on any atom is -0.457 e. The molecular weight excluding hydrogens is 455 g/mol. The van der Waals surface area contributed by atoms with Gasteiger partial charge in [0, 0.05) is 22.7 Å². The van der Waals surface area contributed by atoms with Crippen LogP contribution in [0.15, 0.2) is 78.9 Å². The number of carbonyl (C=O) groups excluding carboxylic acids is 2. The number of amides is 1. The van der Waals surface area contributed by atoms with E-state index in [1.165, 1.54) is 6.07 Å². The summed E-state index contributed by atoms with van der Waals surface area (Å²) in [6.45, 7) is 0.0271. The summed E-state index contributed by atoms with van der Waals surface area (Å²) in [6, 6.07) is 22.9. The maximum absolute atomic E-state index is 13.7. The van der Waals surface area contributed by atoms with Crippen molar-refractivity contribution in [1.29, 1.82) is 0 Å². The van der Waals surface area contributed by atoms with Crippen molar-refractivity contribution < 1.29 is 18.7 Å². The number of halogens is 1. The smallest absolute Gasteiger partial charge is 0.338 e. The summed E-state index contributed by atoms with van der Waals surface area (Å²) in [5.74, 6) is -0.791. The van der Waals surface area contributed by atoms with Gasteiger partial charge in [-0.05, 0) is 82.1 Å². The van der Waals surface area contributed by atoms with E-state index in [9.17, 15) is 14.0 Å². The first-order chi connectivity index (χ1) is 17.4. The van der Waals surface area contributed by atoms with Crippen LogP contribution < -0.4 is 5.32 Å². The second-order valence-corrected chi connectivity index (χ2v) is 9.77. The van der Waals surface area contributed by atoms with Gasteiger partial charge < -0.3 is 15.0 Å². The van der Waals surface area contributed by atoms with Gasteiger partial charge in [-0.2, -0.15) is 0 Å². The molecule has 0 unspecified atom stereocenters. The number of carbonyl (C=O) groups is 2. The molecule has 0 atom stereocenters. The van der Waals surface area contributed by atoms with Crippen molar-refractivity contribution in [1.82, 2.24) is 10.2 Å². The second kappa shape index (κ2) is 11.5. The summed E-state index contributed by atoms with van der Waals surface area (Å²) in [4.78, 5) is 27.7. The van der Waals surface area contributed by atoms with Crippen LogP contribution in [-0.4, -0.2) is 42.5 Å². The number of likely N-dealkylation sites (N-methyl/N-ethyl adjacent to an activating group) is 1. The SMILES string of the molecule is CN(C)C1(Cc2cccc(F)c2)CCC(NC(=O)c2ccccc2COC(=O)c2ccccc2)CC1. The first kappa shape index (κ1) is 25.6. The zero-order chi connectivity index (χ0) is 25.5. The van der Waals surface area contributed by atoms with Crippen molar-refractivity contribution in [3.63, 3.8) is 0 Å². The van der Waals surface area contributed by atoms with Crippen LogP contribution in [0.5, 0.6) is 0 Å². The quantitative estimate of drug-likeness (QED) is 0.432. The Hall–Kier alpha value is -3.51. The van der Waals surface area contributed by atoms with Crippen LogP contribution in [0.1, 0.15) is 57.5 Å². The third-order valence-electron chi connectivity index (χ3n) is 7.25. The second-order valence-electron chi connectivity index (χ2n) is 9.77. The van der Waals surface area contributed by atoms with Crippen LogP contribution >= 0.6 is 0 Å². The fraction of sp³-hybridized carbons (Fsp3) is 0.333. The normalized spacial score (nSPS) is 19.6. The molecule has 1 N–H and O–H groups in total. The lowest BCUT2D eigenvalue weighted by Crippen LogP contribution is -2.52. The van der Waals surface area contributed by atoms with Gasteiger partial charge in [0.15, 0.2) is 0 Å². The van der Waals surface area contributed by atoms with E-state index in [1.807, 2.05) is 30.3 Å². The predicted octanol–water partition coefficient (Wildman–Crippen LogP) is 5.40. The fourth-order valence-electron chi connectivity index (χ4n) is 5.04. The van der Waals surface area contributed by atoms with E-state index in [-0.39, 0.29) is 29.9 Å². The average Bonchev–Trinajstić information content (AvgIpc) is 2.89. The van der Waals surface area contributed by atoms with Crippen molar-refractivity contribution in [2.75, 3.05) is 14.1 Å². The van der Waals surface area contributed by atoms with Crippen LogP contribution in [0.3, 0.4) is 0 Å². The minimum absolute atomic E-state index is 0.0271. The molecule has 0 spiro atoms. The van der Waals surface area contributed by atoms with Gasteiger partial charge in [-0.3, -0.25) is 4.79 Å². The molecule has 1 fully saturated rings. The van der Waals surface area contributed by atoms with Gasteiger partial charge in [0.2, 0.25) is 0 Å². The molecule has 3 aromatic carbocycles. The molecule has 6 heteroatoms. The molecule has 0 heterocycles. The highest BCUT2D eigenvalue weighted by Gasteiger charge is 2.37. The standard InChI is InChI=1S/C30H33FN2O3/c1-33(2)30(20-22-9-8-13-25(31)19-22)17-15-26(16-18-30)32-28(34)27-14-7-6-12-24(27)21-36-29(35)23-10-4-3-5-11-23/h3-14,19,26H,15-18,20-21H2,1-2H3,(H,32,34). The monoisotopic (exact) mass is 488 g/mol. The van der Waals surface area contributed by atoms with Crippen LogP contribution in [0.2, 0.25) is 0 Å². The van der Waals surface area contributed by atoms with Gasteiger partial charge in [0.1, 0.15) is 12.4 Å². The van der Waals surface area contributed by atoms with E-state index in [2.05, 4.69) is 24.3 Å². The van der Waals surface area contributed by atoms with E-state index in [0.717, 1.165) is 37.7 Å². The summed E-state index contributed by atoms with van der Waals surface area (Å²) >= 11 is 0. The van der Waals surface area contributed by atoms with E-state index < -0.39 is 5.97 Å². The number of nitrogens with one attached hydrogen (secondary N) is 1. The molecule has 0 bridgehead atoms. The van der Waals surface area contributed by atoms with Crippen LogP contribution in [0.4, 0.5) is 4.39 Å². The van der Waals surface area contributed by atoms with Crippen LogP contribution in [-0.2, 0) is 17.8 Å². The van der Waals surface area contributed by atoms with Gasteiger partial charge in [0.25, 0.3) is 5.91 Å². The molecule has 3 aromatic rings. The topological polar surface area (TPSA) is 58.6 Å². The van der Waals surface area contributed by atoms with Crippen LogP contribution in [0, 0.1) is 5.82 Å². The molecule has 36 heavy (non-hydrogen) atoms. The van der Waals surface area contributed by atoms with Crippen molar-refractivity contribution in [2.24, 2.45) is 0 Å². The Bertz CT molecular complexity index is 1190. The first-order valence-corrected chi connectivity index (χ1v) is 12.4. The Labute approximate surface area is 212 Å². The van der Waals surface area contributed by atoms with Crippen molar-refractivity contribution in [3.05, 3.63) is 107 Å². The molecule has 0 radical (unpaired) electrons. The summed E-state index contributed by atoms with van der Waals surface area (Å²) in [5, 5.41) is 3.19. The Morgan fingerprint density at radius 1 is 0.972 bits per heavy atom. The lowest BCUT2D eigenvalue weighted by atomic mass is 9.74. The number of ether oxygens (including phenoxy) is 1. The van der Waals surface area contributed by atoms with E-state index >= 15 is 0 Å². The molecule has 0 aromatic heterocycles. The summed E-state index contributed by atoms with van der Waals surface area (Å²) < 4.78 is 19.2. The lowest BCUT2D eigenvalue weighted by Gasteiger charge is -2.45. The maximum atomic E-state index is 13.7. The highest BCUT2D eigenvalue weighted by molar-refractivity contribution is 5.96. The zero-order valence-electron chi connectivity index (χ0n) is 20.9. The molecule has 4 rings (SSSR count). The van der Waals surface area contributed by atoms with Gasteiger partial charge in [-0.1, -0.05) is 48.5 Å². The van der Waals surface area contributed by atoms with E-state index in [1.54, 1.807) is 42.5 Å². The van der Waals surface area contributed by atoms with Gasteiger partial charge in [-0.15, -0.1) is 0 Å². The largest absolute Gasteiger partial charge is 0.457 e. The van der Waals surface area contributed by atoms with Crippen LogP contribution in [0.25, 0.3) is 0 Å². The Morgan fingerprint density at radius 2 is 1.67 bits per heavy atom. The molecule has 1 saturated carbocycles. The van der Waals surface area contributed by atoms with Gasteiger partial charge in [-0.25, -0.2) is 9.18 Å². The Kier molecular flexibility index (Phi) is 8.16. The van der Waals surface area contributed by atoms with Crippen molar-refractivity contribution in [3.8, 4) is 0 Å². The maximum Gasteiger partial charge on any atom is 0.338 e. The average molecular weight is 489 g/mol. The number of benzene rings is 3. The number of hydrogen-bond acceptors (Lipinski definition) is 4. The van der Waals surface area contributed by atoms with Gasteiger partial charge in [0.05, 0.1) is 5.56 Å². The lowest BCUT2D eigenvalue weighted by molar-refractivity contribution is 0.0469. The molecule has 0 saturated heterocycles. The number of hydrogen-bond donors (Lipinski definition) is 1. The Balaban J connectivity index is 1.37. The molecule has 0 aliphatic heterocycles. The van der Waals surface area contributed by atoms with E-state index in [4.69, 9.17) is 4.74 Å². The molecule has 188 valence electrons. The summed E-state index contributed by atoms with van der Waals surface area (Å²) in [5.41, 5.74) is 2.58. The third kappa shape index (κ3) is 6.18. The zero-order valence-corrected chi connectivity index (χ0v) is 20.9. The summed E-state index contributed by atoms with van der Waals surface area (Å²) in [7, 11) is 4.15. The minimum atomic E-state index is -0.420. The van der Waals surface area contributed by atoms with Crippen molar-refractivity contribution in [2.45, 2.75) is 50.3 Å². The molecular formula is C30H33FN2O3. The van der Waals surface area contributed by atoms with E-state index in [0.29, 0.717) is 16.7 Å². The number of esters is 1. The molecule has 1 amide bonds. The fourth-order valence-corrected chi connectivity index (χ4v) is 5.04. The number of rotatable bonds is 8. The molecule has 1 aliphatic carbocycles. The molecule has 5 nitrogen and oxygen atoms in total. The Morgan fingerprint density at radius 3 is 2.36 bits per heavy atom. The summed E-state index contributed by atoms with van der Waals surface area (Å²) in [6.07, 6.45) is 4.25. The predicted molar refractivity (Wildman–Crippen MR) is 138 cm³/mol. The van der Waals surface area contributed by atoms with Crippen molar-refractivity contribution >= 4 is 11.9 Å². The first-order valence-electron chi connectivity index (χ1n) is 12.4. The van der Waals surface area contributed by atoms with Gasteiger partial charge >= 0.3 is 5.97 Å². The third-order valence-corrected chi connectivity index (χ3v) is 7.25. The molecule has 1 aliphatic rings.